The summed E-state index contributed by atoms with van der Waals surface area (Å²) in [7, 11) is 1.55. The zero-order valence-electron chi connectivity index (χ0n) is 10.6. The molecule has 0 unspecified atom stereocenters. The van der Waals surface area contributed by atoms with Crippen LogP contribution in [-0.4, -0.2) is 41.8 Å². The van der Waals surface area contributed by atoms with E-state index in [0.29, 0.717) is 18.8 Å². The van der Waals surface area contributed by atoms with Crippen molar-refractivity contribution in [2.75, 3.05) is 20.1 Å². The monoisotopic (exact) mass is 270 g/mol. The number of nitrogens with one attached hydrogen (secondary N) is 1. The molecular formula is C11H18N4O2S. The van der Waals surface area contributed by atoms with E-state index in [1.807, 2.05) is 6.92 Å². The molecule has 1 rings (SSSR count). The van der Waals surface area contributed by atoms with Crippen LogP contribution in [0.2, 0.25) is 0 Å². The average Bonchev–Trinajstić information content (AvgIpc) is 2.85. The van der Waals surface area contributed by atoms with Gasteiger partial charge in [-0.15, -0.1) is 11.3 Å². The van der Waals surface area contributed by atoms with Gasteiger partial charge in [-0.2, -0.15) is 0 Å². The van der Waals surface area contributed by atoms with Crippen molar-refractivity contribution in [3.05, 3.63) is 16.1 Å². The quantitative estimate of drug-likeness (QED) is 0.773. The highest BCUT2D eigenvalue weighted by atomic mass is 32.1. The van der Waals surface area contributed by atoms with Gasteiger partial charge in [0.2, 0.25) is 5.91 Å². The zero-order valence-corrected chi connectivity index (χ0v) is 11.4. The summed E-state index contributed by atoms with van der Waals surface area (Å²) in [6.07, 6.45) is 0.788. The molecule has 0 spiro atoms. The molecule has 0 aliphatic rings. The van der Waals surface area contributed by atoms with Crippen LogP contribution < -0.4 is 11.1 Å². The summed E-state index contributed by atoms with van der Waals surface area (Å²) in [6, 6.07) is 0. The molecule has 0 saturated heterocycles. The predicted octanol–water partition coefficient (Wildman–Crippen LogP) is 0.200. The van der Waals surface area contributed by atoms with Crippen molar-refractivity contribution >= 4 is 23.2 Å². The lowest BCUT2D eigenvalue weighted by molar-refractivity contribution is -0.121. The standard InChI is InChI=1S/C11H18N4O2S/c1-3-4-15(6-9(16)13-2)11(17)8-7-18-10(5-12)14-8/h7H,3-6,12H2,1-2H3,(H,13,16). The second-order valence-corrected chi connectivity index (χ2v) is 4.67. The van der Waals surface area contributed by atoms with Crippen molar-refractivity contribution < 1.29 is 9.59 Å². The lowest BCUT2D eigenvalue weighted by Crippen LogP contribution is -2.40. The molecule has 0 aromatic carbocycles. The number of likely N-dealkylation sites (N-methyl/N-ethyl adjacent to an activating group) is 1. The fourth-order valence-electron chi connectivity index (χ4n) is 1.44. The van der Waals surface area contributed by atoms with Crippen LogP contribution in [0.15, 0.2) is 5.38 Å². The average molecular weight is 270 g/mol. The molecule has 100 valence electrons. The fourth-order valence-corrected chi connectivity index (χ4v) is 2.09. The van der Waals surface area contributed by atoms with E-state index in [0.717, 1.165) is 11.4 Å². The Hall–Kier alpha value is -1.47. The predicted molar refractivity (Wildman–Crippen MR) is 70.3 cm³/mol. The van der Waals surface area contributed by atoms with E-state index in [2.05, 4.69) is 10.3 Å². The minimum atomic E-state index is -0.226. The van der Waals surface area contributed by atoms with Crippen LogP contribution in [0, 0.1) is 0 Å². The van der Waals surface area contributed by atoms with Gasteiger partial charge in [0, 0.05) is 25.5 Å². The Bertz CT molecular complexity index is 419. The first-order chi connectivity index (χ1) is 8.62. The molecule has 1 aromatic rings. The van der Waals surface area contributed by atoms with Gasteiger partial charge in [0.1, 0.15) is 10.7 Å². The number of carbonyl (C=O) groups excluding carboxylic acids is 2. The Morgan fingerprint density at radius 2 is 2.28 bits per heavy atom. The third-order valence-electron chi connectivity index (χ3n) is 2.34. The van der Waals surface area contributed by atoms with Crippen LogP contribution in [0.4, 0.5) is 0 Å². The van der Waals surface area contributed by atoms with Crippen LogP contribution in [0.3, 0.4) is 0 Å². The Morgan fingerprint density at radius 1 is 1.56 bits per heavy atom. The largest absolute Gasteiger partial charge is 0.358 e. The fraction of sp³-hybridized carbons (Fsp3) is 0.545. The highest BCUT2D eigenvalue weighted by Gasteiger charge is 2.19. The van der Waals surface area contributed by atoms with Gasteiger partial charge >= 0.3 is 0 Å². The molecule has 0 bridgehead atoms. The molecule has 0 fully saturated rings. The first-order valence-electron chi connectivity index (χ1n) is 5.76. The van der Waals surface area contributed by atoms with Gasteiger partial charge in [0.25, 0.3) is 5.91 Å². The minimum absolute atomic E-state index is 0.0542. The number of thiazole rings is 1. The van der Waals surface area contributed by atoms with Gasteiger partial charge in [-0.25, -0.2) is 4.98 Å². The number of carbonyl (C=O) groups is 2. The van der Waals surface area contributed by atoms with E-state index in [4.69, 9.17) is 5.73 Å². The van der Waals surface area contributed by atoms with E-state index in [1.54, 1.807) is 12.4 Å². The molecule has 2 amide bonds. The number of nitrogens with two attached hydrogens (primary N) is 1. The summed E-state index contributed by atoms with van der Waals surface area (Å²) in [4.78, 5) is 29.1. The Kier molecular flexibility index (Phi) is 5.73. The van der Waals surface area contributed by atoms with Crippen LogP contribution >= 0.6 is 11.3 Å². The Balaban J connectivity index is 2.78. The minimum Gasteiger partial charge on any atom is -0.358 e. The number of hydrogen-bond donors (Lipinski definition) is 2. The molecule has 7 heteroatoms. The van der Waals surface area contributed by atoms with E-state index in [-0.39, 0.29) is 18.4 Å². The number of amides is 2. The topological polar surface area (TPSA) is 88.3 Å². The molecule has 1 heterocycles. The molecule has 1 aromatic heterocycles. The first kappa shape index (κ1) is 14.6. The lowest BCUT2D eigenvalue weighted by Gasteiger charge is -2.19. The van der Waals surface area contributed by atoms with Crippen molar-refractivity contribution in [2.45, 2.75) is 19.9 Å². The second kappa shape index (κ2) is 7.07. The SMILES string of the molecule is CCCN(CC(=O)NC)C(=O)c1csc(CN)n1. The summed E-state index contributed by atoms with van der Waals surface area (Å²) < 4.78 is 0. The lowest BCUT2D eigenvalue weighted by atomic mass is 10.3. The van der Waals surface area contributed by atoms with E-state index in [1.165, 1.54) is 16.2 Å². The molecule has 0 aliphatic carbocycles. The molecule has 0 atom stereocenters. The van der Waals surface area contributed by atoms with Crippen molar-refractivity contribution in [2.24, 2.45) is 5.73 Å². The number of hydrogen-bond acceptors (Lipinski definition) is 5. The summed E-state index contributed by atoms with van der Waals surface area (Å²) in [5, 5.41) is 4.90. The van der Waals surface area contributed by atoms with Gasteiger partial charge in [-0.3, -0.25) is 9.59 Å². The molecular weight excluding hydrogens is 252 g/mol. The normalized spacial score (nSPS) is 10.2. The summed E-state index contributed by atoms with van der Waals surface area (Å²) in [5.41, 5.74) is 5.82. The van der Waals surface area contributed by atoms with Crippen LogP contribution in [0.1, 0.15) is 28.8 Å². The third kappa shape index (κ3) is 3.78. The maximum Gasteiger partial charge on any atom is 0.273 e. The third-order valence-corrected chi connectivity index (χ3v) is 3.21. The Labute approximate surface area is 110 Å². The highest BCUT2D eigenvalue weighted by Crippen LogP contribution is 2.11. The van der Waals surface area contributed by atoms with Gasteiger partial charge in [0.05, 0.1) is 6.54 Å². The van der Waals surface area contributed by atoms with Crippen molar-refractivity contribution in [3.63, 3.8) is 0 Å². The maximum atomic E-state index is 12.2. The van der Waals surface area contributed by atoms with Crippen molar-refractivity contribution in [1.29, 1.82) is 0 Å². The Morgan fingerprint density at radius 3 is 2.78 bits per heavy atom. The molecule has 6 nitrogen and oxygen atoms in total. The summed E-state index contributed by atoms with van der Waals surface area (Å²) in [6.45, 7) is 2.86. The number of nitrogens with zero attached hydrogens (tertiary/aromatic N) is 2. The summed E-state index contributed by atoms with van der Waals surface area (Å²) in [5.74, 6) is -0.414. The van der Waals surface area contributed by atoms with E-state index >= 15 is 0 Å². The number of aromatic nitrogens is 1. The maximum absolute atomic E-state index is 12.2. The smallest absolute Gasteiger partial charge is 0.273 e. The van der Waals surface area contributed by atoms with Crippen molar-refractivity contribution in [1.82, 2.24) is 15.2 Å². The van der Waals surface area contributed by atoms with Crippen LogP contribution in [-0.2, 0) is 11.3 Å². The molecule has 0 aliphatic heterocycles. The first-order valence-corrected chi connectivity index (χ1v) is 6.64. The number of rotatable bonds is 6. The van der Waals surface area contributed by atoms with E-state index < -0.39 is 0 Å². The van der Waals surface area contributed by atoms with Gasteiger partial charge in [-0.05, 0) is 6.42 Å². The van der Waals surface area contributed by atoms with Crippen LogP contribution in [0.25, 0.3) is 0 Å². The van der Waals surface area contributed by atoms with Crippen molar-refractivity contribution in [3.8, 4) is 0 Å². The summed E-state index contributed by atoms with van der Waals surface area (Å²) >= 11 is 1.35. The zero-order chi connectivity index (χ0) is 13.5. The molecule has 18 heavy (non-hydrogen) atoms. The van der Waals surface area contributed by atoms with E-state index in [9.17, 15) is 9.59 Å². The van der Waals surface area contributed by atoms with Gasteiger partial charge in [0.15, 0.2) is 0 Å². The van der Waals surface area contributed by atoms with Gasteiger partial charge in [-0.1, -0.05) is 6.92 Å². The molecule has 0 saturated carbocycles. The van der Waals surface area contributed by atoms with Gasteiger partial charge < -0.3 is 16.0 Å². The molecule has 3 N–H and O–H groups in total. The second-order valence-electron chi connectivity index (χ2n) is 3.73. The van der Waals surface area contributed by atoms with Crippen LogP contribution in [0.5, 0.6) is 0 Å². The molecule has 0 radical (unpaired) electrons. The highest BCUT2D eigenvalue weighted by molar-refractivity contribution is 7.09.